The zero-order chi connectivity index (χ0) is 12.4. The Morgan fingerprint density at radius 2 is 2.06 bits per heavy atom. The van der Waals surface area contributed by atoms with E-state index in [1.54, 1.807) is 24.3 Å². The molecule has 0 spiro atoms. The van der Waals surface area contributed by atoms with Crippen molar-refractivity contribution in [1.29, 1.82) is 5.26 Å². The molecule has 0 fully saturated rings. The van der Waals surface area contributed by atoms with Gasteiger partial charge in [0.2, 0.25) is 0 Å². The second kappa shape index (κ2) is 4.48. The molecule has 17 heavy (non-hydrogen) atoms. The van der Waals surface area contributed by atoms with Gasteiger partial charge in [-0.3, -0.25) is 0 Å². The summed E-state index contributed by atoms with van der Waals surface area (Å²) in [6, 6.07) is 10.1. The Balaban J connectivity index is 2.71. The molecule has 1 heterocycles. The monoisotopic (exact) mass is 244 g/mol. The molecular weight excluding hydrogens is 235 g/mol. The van der Waals surface area contributed by atoms with Crippen molar-refractivity contribution in [2.45, 2.75) is 6.92 Å². The topological polar surface area (TPSA) is 39.6 Å². The number of H-pyrrole nitrogens is 1. The number of nitrogens with zero attached hydrogens (tertiary/aromatic N) is 1. The van der Waals surface area contributed by atoms with Crippen molar-refractivity contribution in [3.63, 3.8) is 0 Å². The molecule has 2 rings (SSSR count). The summed E-state index contributed by atoms with van der Waals surface area (Å²) in [5.41, 5.74) is 2.27. The Kier molecular flexibility index (Phi) is 3.03. The van der Waals surface area contributed by atoms with E-state index in [0.717, 1.165) is 5.56 Å². The van der Waals surface area contributed by atoms with Gasteiger partial charge in [-0.05, 0) is 30.7 Å². The molecule has 1 N–H and O–H groups in total. The van der Waals surface area contributed by atoms with Crippen molar-refractivity contribution in [3.05, 3.63) is 51.9 Å². The summed E-state index contributed by atoms with van der Waals surface area (Å²) in [7, 11) is 0. The molecule has 0 saturated carbocycles. The molecule has 2 nitrogen and oxygen atoms in total. The molecule has 1 aromatic carbocycles. The first kappa shape index (κ1) is 11.5. The largest absolute Gasteiger partial charge is 0.345 e. The predicted octanol–water partition coefficient (Wildman–Crippen LogP) is 3.73. The van der Waals surface area contributed by atoms with Crippen LogP contribution in [0.1, 0.15) is 11.1 Å². The van der Waals surface area contributed by atoms with E-state index in [4.69, 9.17) is 17.5 Å². The van der Waals surface area contributed by atoms with Gasteiger partial charge in [-0.15, -0.1) is 0 Å². The van der Waals surface area contributed by atoms with Crippen LogP contribution in [0.15, 0.2) is 30.3 Å². The Hall–Kier alpha value is -1.99. The van der Waals surface area contributed by atoms with Gasteiger partial charge in [-0.2, -0.15) is 5.26 Å². The summed E-state index contributed by atoms with van der Waals surface area (Å²) in [4.78, 5) is 2.90. The first-order chi connectivity index (χ1) is 8.13. The molecule has 0 unspecified atom stereocenters. The predicted molar refractivity (Wildman–Crippen MR) is 66.5 cm³/mol. The van der Waals surface area contributed by atoms with Gasteiger partial charge in [-0.1, -0.05) is 24.4 Å². The van der Waals surface area contributed by atoms with Crippen molar-refractivity contribution in [3.8, 4) is 17.3 Å². The van der Waals surface area contributed by atoms with Crippen LogP contribution < -0.4 is 0 Å². The van der Waals surface area contributed by atoms with Crippen LogP contribution in [-0.2, 0) is 0 Å². The minimum Gasteiger partial charge on any atom is -0.345 e. The van der Waals surface area contributed by atoms with Crippen LogP contribution in [0.2, 0.25) is 0 Å². The van der Waals surface area contributed by atoms with Gasteiger partial charge in [-0.25, -0.2) is 4.39 Å². The number of rotatable bonds is 1. The second-order valence-corrected chi connectivity index (χ2v) is 4.07. The number of nitriles is 1. The highest BCUT2D eigenvalue weighted by molar-refractivity contribution is 7.71. The number of aryl methyl sites for hydroxylation is 1. The Morgan fingerprint density at radius 3 is 2.71 bits per heavy atom. The quantitative estimate of drug-likeness (QED) is 0.776. The van der Waals surface area contributed by atoms with Crippen LogP contribution in [0.4, 0.5) is 4.39 Å². The third kappa shape index (κ3) is 2.10. The average molecular weight is 244 g/mol. The van der Waals surface area contributed by atoms with E-state index in [-0.39, 0.29) is 5.82 Å². The maximum Gasteiger partial charge on any atom is 0.132 e. The van der Waals surface area contributed by atoms with Gasteiger partial charge >= 0.3 is 0 Å². The summed E-state index contributed by atoms with van der Waals surface area (Å²) in [6.07, 6.45) is 0. The fourth-order valence-electron chi connectivity index (χ4n) is 1.66. The van der Waals surface area contributed by atoms with Crippen LogP contribution in [-0.4, -0.2) is 4.98 Å². The molecule has 0 radical (unpaired) electrons. The van der Waals surface area contributed by atoms with E-state index in [9.17, 15) is 4.39 Å². The van der Waals surface area contributed by atoms with E-state index >= 15 is 0 Å². The molecule has 0 aliphatic heterocycles. The smallest absolute Gasteiger partial charge is 0.132 e. The number of benzene rings is 1. The zero-order valence-electron chi connectivity index (χ0n) is 9.12. The normalized spacial score (nSPS) is 9.94. The standard InChI is InChI=1S/C13H9FN2S/c1-8-6-9(7-15)13(17)16-12(8)10-4-2-3-5-11(10)14/h2-6H,1H3,(H,16,17). The summed E-state index contributed by atoms with van der Waals surface area (Å²) < 4.78 is 14.0. The number of pyridine rings is 1. The lowest BCUT2D eigenvalue weighted by Gasteiger charge is -2.07. The van der Waals surface area contributed by atoms with Crippen LogP contribution in [0, 0.1) is 28.7 Å². The lowest BCUT2D eigenvalue weighted by Crippen LogP contribution is -1.94. The Morgan fingerprint density at radius 1 is 1.35 bits per heavy atom. The van der Waals surface area contributed by atoms with Crippen molar-refractivity contribution in [2.75, 3.05) is 0 Å². The Bertz CT molecular complexity index is 668. The van der Waals surface area contributed by atoms with Crippen molar-refractivity contribution < 1.29 is 4.39 Å². The molecule has 0 saturated heterocycles. The van der Waals surface area contributed by atoms with E-state index in [2.05, 4.69) is 4.98 Å². The highest BCUT2D eigenvalue weighted by atomic mass is 32.1. The molecule has 0 aliphatic carbocycles. The van der Waals surface area contributed by atoms with E-state index < -0.39 is 0 Å². The van der Waals surface area contributed by atoms with E-state index in [1.165, 1.54) is 6.07 Å². The molecule has 0 bridgehead atoms. The molecule has 84 valence electrons. The molecule has 4 heteroatoms. The first-order valence-corrected chi connectivity index (χ1v) is 5.43. The summed E-state index contributed by atoms with van der Waals surface area (Å²) in [5, 5.41) is 8.85. The highest BCUT2D eigenvalue weighted by Gasteiger charge is 2.09. The molecule has 1 aromatic heterocycles. The van der Waals surface area contributed by atoms with Crippen molar-refractivity contribution >= 4 is 12.2 Å². The summed E-state index contributed by atoms with van der Waals surface area (Å²) in [5.74, 6) is -0.314. The van der Waals surface area contributed by atoms with Gasteiger partial charge < -0.3 is 4.98 Å². The fraction of sp³-hybridized carbons (Fsp3) is 0.0769. The zero-order valence-corrected chi connectivity index (χ0v) is 9.94. The fourth-order valence-corrected chi connectivity index (χ4v) is 1.87. The second-order valence-electron chi connectivity index (χ2n) is 3.66. The lowest BCUT2D eigenvalue weighted by molar-refractivity contribution is 0.630. The summed E-state index contributed by atoms with van der Waals surface area (Å²) >= 11 is 5.04. The van der Waals surface area contributed by atoms with Gasteiger partial charge in [0.05, 0.1) is 11.3 Å². The van der Waals surface area contributed by atoms with Crippen LogP contribution >= 0.6 is 12.2 Å². The van der Waals surface area contributed by atoms with Gasteiger partial charge in [0.1, 0.15) is 16.5 Å². The molecule has 2 aromatic rings. The van der Waals surface area contributed by atoms with Gasteiger partial charge in [0, 0.05) is 5.56 Å². The van der Waals surface area contributed by atoms with E-state index in [0.29, 0.717) is 21.5 Å². The molecule has 0 aliphatic rings. The number of hydrogen-bond acceptors (Lipinski definition) is 2. The lowest BCUT2D eigenvalue weighted by atomic mass is 10.1. The van der Waals surface area contributed by atoms with Gasteiger partial charge in [0.15, 0.2) is 0 Å². The summed E-state index contributed by atoms with van der Waals surface area (Å²) in [6.45, 7) is 1.81. The van der Waals surface area contributed by atoms with Crippen LogP contribution in [0.25, 0.3) is 11.3 Å². The molecular formula is C13H9FN2S. The van der Waals surface area contributed by atoms with Crippen LogP contribution in [0.5, 0.6) is 0 Å². The number of hydrogen-bond donors (Lipinski definition) is 1. The number of halogens is 1. The maximum atomic E-state index is 13.7. The minimum atomic E-state index is -0.314. The van der Waals surface area contributed by atoms with Gasteiger partial charge in [0.25, 0.3) is 0 Å². The molecule has 0 atom stereocenters. The highest BCUT2D eigenvalue weighted by Crippen LogP contribution is 2.24. The molecule has 0 amide bonds. The third-order valence-corrected chi connectivity index (χ3v) is 2.82. The third-order valence-electron chi connectivity index (χ3n) is 2.50. The minimum absolute atomic E-state index is 0.314. The number of nitrogens with one attached hydrogen (secondary N) is 1. The number of aromatic amines is 1. The SMILES string of the molecule is Cc1cc(C#N)c(=S)[nH]c1-c1ccccc1F. The van der Waals surface area contributed by atoms with Crippen molar-refractivity contribution in [1.82, 2.24) is 4.98 Å². The van der Waals surface area contributed by atoms with Crippen LogP contribution in [0.3, 0.4) is 0 Å². The van der Waals surface area contributed by atoms with Crippen molar-refractivity contribution in [2.24, 2.45) is 0 Å². The Labute approximate surface area is 103 Å². The number of aromatic nitrogens is 1. The van der Waals surface area contributed by atoms with E-state index in [1.807, 2.05) is 13.0 Å². The maximum absolute atomic E-state index is 13.7. The first-order valence-electron chi connectivity index (χ1n) is 5.02. The average Bonchev–Trinajstić information content (AvgIpc) is 2.32.